The molecule has 1 heterocycles. The summed E-state index contributed by atoms with van der Waals surface area (Å²) in [6.45, 7) is 0. The molecule has 0 fully saturated rings. The third-order valence-electron chi connectivity index (χ3n) is 3.49. The lowest BCUT2D eigenvalue weighted by Gasteiger charge is -2.25. The molecule has 2 nitrogen and oxygen atoms in total. The second-order valence-corrected chi connectivity index (χ2v) is 6.86. The smallest absolute Gasteiger partial charge is 0.161 e. The zero-order valence-electron chi connectivity index (χ0n) is 9.91. The van der Waals surface area contributed by atoms with E-state index in [-0.39, 0.29) is 5.75 Å². The minimum atomic E-state index is -3.09. The molecular formula is C15H14O2S. The van der Waals surface area contributed by atoms with Gasteiger partial charge in [-0.3, -0.25) is 0 Å². The van der Waals surface area contributed by atoms with Crippen molar-refractivity contribution >= 4 is 9.84 Å². The van der Waals surface area contributed by atoms with Gasteiger partial charge in [-0.05, 0) is 23.1 Å². The molecule has 3 rings (SSSR count). The Kier molecular flexibility index (Phi) is 2.71. The monoisotopic (exact) mass is 258 g/mol. The molecule has 0 spiro atoms. The van der Waals surface area contributed by atoms with Gasteiger partial charge in [-0.15, -0.1) is 0 Å². The molecule has 0 amide bonds. The van der Waals surface area contributed by atoms with Crippen LogP contribution in [0.25, 0.3) is 0 Å². The minimum Gasteiger partial charge on any atom is -0.228 e. The molecule has 3 heteroatoms. The van der Waals surface area contributed by atoms with Crippen molar-refractivity contribution in [2.24, 2.45) is 0 Å². The first-order valence-corrected chi connectivity index (χ1v) is 7.72. The van der Waals surface area contributed by atoms with Crippen LogP contribution < -0.4 is 0 Å². The van der Waals surface area contributed by atoms with Crippen LogP contribution in [-0.4, -0.2) is 8.42 Å². The summed E-state index contributed by atoms with van der Waals surface area (Å²) < 4.78 is 24.7. The van der Waals surface area contributed by atoms with E-state index in [1.54, 1.807) is 0 Å². The zero-order valence-corrected chi connectivity index (χ0v) is 10.7. The summed E-state index contributed by atoms with van der Waals surface area (Å²) in [6.07, 6.45) is 0.586. The van der Waals surface area contributed by atoms with Crippen LogP contribution in [0.15, 0.2) is 54.6 Å². The number of rotatable bonds is 1. The Hall–Kier alpha value is -1.61. The molecule has 0 N–H and O–H groups in total. The molecule has 0 bridgehead atoms. The first kappa shape index (κ1) is 11.5. The third-order valence-corrected chi connectivity index (χ3v) is 5.50. The molecule has 1 aliphatic rings. The highest BCUT2D eigenvalue weighted by molar-refractivity contribution is 7.90. The van der Waals surface area contributed by atoms with Crippen LogP contribution in [0.5, 0.6) is 0 Å². The molecule has 2 aromatic rings. The lowest BCUT2D eigenvalue weighted by Crippen LogP contribution is -2.23. The van der Waals surface area contributed by atoms with E-state index in [4.69, 9.17) is 0 Å². The first-order chi connectivity index (χ1) is 8.67. The summed E-state index contributed by atoms with van der Waals surface area (Å²) in [5.41, 5.74) is 3.00. The Morgan fingerprint density at radius 3 is 2.17 bits per heavy atom. The van der Waals surface area contributed by atoms with Crippen LogP contribution in [-0.2, 0) is 22.0 Å². The maximum absolute atomic E-state index is 12.3. The van der Waals surface area contributed by atoms with Crippen LogP contribution in [0.1, 0.15) is 21.9 Å². The molecule has 1 unspecified atom stereocenters. The van der Waals surface area contributed by atoms with Gasteiger partial charge in [0.15, 0.2) is 9.84 Å². The number of fused-ring (bicyclic) bond motifs is 1. The van der Waals surface area contributed by atoms with Crippen molar-refractivity contribution in [3.63, 3.8) is 0 Å². The summed E-state index contributed by atoms with van der Waals surface area (Å²) >= 11 is 0. The molecule has 0 aromatic heterocycles. The third kappa shape index (κ3) is 1.95. The van der Waals surface area contributed by atoms with Gasteiger partial charge in [0.1, 0.15) is 0 Å². The van der Waals surface area contributed by atoms with Crippen molar-refractivity contribution in [2.75, 3.05) is 0 Å². The van der Waals surface area contributed by atoms with Gasteiger partial charge in [0.05, 0.1) is 11.0 Å². The standard InChI is InChI=1S/C15H14O2S/c16-18(17)11-14-9-5-4-8-13(14)10-15(18)12-6-2-1-3-7-12/h1-9,15H,10-11H2. The number of sulfone groups is 1. The lowest BCUT2D eigenvalue weighted by atomic mass is 9.99. The van der Waals surface area contributed by atoms with Crippen molar-refractivity contribution in [2.45, 2.75) is 17.4 Å². The van der Waals surface area contributed by atoms with Gasteiger partial charge in [-0.2, -0.15) is 0 Å². The average molecular weight is 258 g/mol. The maximum Gasteiger partial charge on any atom is 0.161 e. The van der Waals surface area contributed by atoms with E-state index in [1.807, 2.05) is 54.6 Å². The highest BCUT2D eigenvalue weighted by Gasteiger charge is 2.32. The molecule has 1 aliphatic heterocycles. The van der Waals surface area contributed by atoms with Crippen molar-refractivity contribution in [1.29, 1.82) is 0 Å². The van der Waals surface area contributed by atoms with E-state index < -0.39 is 15.1 Å². The molecule has 1 atom stereocenters. The molecule has 0 aliphatic carbocycles. The topological polar surface area (TPSA) is 34.1 Å². The van der Waals surface area contributed by atoms with E-state index in [0.717, 1.165) is 16.7 Å². The van der Waals surface area contributed by atoms with Crippen molar-refractivity contribution in [3.8, 4) is 0 Å². The SMILES string of the molecule is O=S1(=O)Cc2ccccc2CC1c1ccccc1. The Morgan fingerprint density at radius 2 is 1.44 bits per heavy atom. The second kappa shape index (κ2) is 4.25. The van der Waals surface area contributed by atoms with Gasteiger partial charge in [0.25, 0.3) is 0 Å². The molecular weight excluding hydrogens is 244 g/mol. The first-order valence-electron chi connectivity index (χ1n) is 6.00. The summed E-state index contributed by atoms with van der Waals surface area (Å²) in [5, 5.41) is -0.395. The minimum absolute atomic E-state index is 0.155. The van der Waals surface area contributed by atoms with Crippen LogP contribution in [0.4, 0.5) is 0 Å². The highest BCUT2D eigenvalue weighted by Crippen LogP contribution is 2.35. The van der Waals surface area contributed by atoms with Crippen LogP contribution >= 0.6 is 0 Å². The fraction of sp³-hybridized carbons (Fsp3) is 0.200. The van der Waals surface area contributed by atoms with Crippen molar-refractivity contribution in [3.05, 3.63) is 71.3 Å². The summed E-state index contributed by atoms with van der Waals surface area (Å²) in [6, 6.07) is 17.3. The molecule has 18 heavy (non-hydrogen) atoms. The molecule has 0 radical (unpaired) electrons. The largest absolute Gasteiger partial charge is 0.228 e. The van der Waals surface area contributed by atoms with Crippen molar-refractivity contribution in [1.82, 2.24) is 0 Å². The predicted octanol–water partition coefficient (Wildman–Crippen LogP) is 2.90. The summed E-state index contributed by atoms with van der Waals surface area (Å²) in [7, 11) is -3.09. The van der Waals surface area contributed by atoms with E-state index in [1.165, 1.54) is 0 Å². The summed E-state index contributed by atoms with van der Waals surface area (Å²) in [4.78, 5) is 0. The number of hydrogen-bond donors (Lipinski definition) is 0. The second-order valence-electron chi connectivity index (χ2n) is 4.68. The van der Waals surface area contributed by atoms with Gasteiger partial charge in [0.2, 0.25) is 0 Å². The van der Waals surface area contributed by atoms with E-state index in [9.17, 15) is 8.42 Å². The van der Waals surface area contributed by atoms with Crippen molar-refractivity contribution < 1.29 is 8.42 Å². The molecule has 92 valence electrons. The normalized spacial score (nSPS) is 21.2. The number of hydrogen-bond acceptors (Lipinski definition) is 2. The van der Waals surface area contributed by atoms with Crippen LogP contribution in [0, 0.1) is 0 Å². The van der Waals surface area contributed by atoms with Gasteiger partial charge in [-0.1, -0.05) is 54.6 Å². The zero-order chi connectivity index (χ0) is 12.6. The van der Waals surface area contributed by atoms with Crippen LogP contribution in [0.3, 0.4) is 0 Å². The Bertz CT molecular complexity index is 660. The maximum atomic E-state index is 12.3. The average Bonchev–Trinajstić information content (AvgIpc) is 2.38. The fourth-order valence-electron chi connectivity index (χ4n) is 2.53. The molecule has 0 saturated heterocycles. The van der Waals surface area contributed by atoms with Gasteiger partial charge in [0, 0.05) is 0 Å². The van der Waals surface area contributed by atoms with E-state index in [0.29, 0.717) is 6.42 Å². The lowest BCUT2D eigenvalue weighted by molar-refractivity contribution is 0.575. The predicted molar refractivity (Wildman–Crippen MR) is 72.0 cm³/mol. The quantitative estimate of drug-likeness (QED) is 0.788. The van der Waals surface area contributed by atoms with E-state index in [2.05, 4.69) is 0 Å². The Labute approximate surface area is 107 Å². The van der Waals surface area contributed by atoms with Gasteiger partial charge >= 0.3 is 0 Å². The van der Waals surface area contributed by atoms with Crippen LogP contribution in [0.2, 0.25) is 0 Å². The number of benzene rings is 2. The fourth-order valence-corrected chi connectivity index (χ4v) is 4.46. The van der Waals surface area contributed by atoms with Gasteiger partial charge in [-0.25, -0.2) is 8.42 Å². The molecule has 2 aromatic carbocycles. The van der Waals surface area contributed by atoms with Gasteiger partial charge < -0.3 is 0 Å². The molecule has 0 saturated carbocycles. The Morgan fingerprint density at radius 1 is 0.833 bits per heavy atom. The summed E-state index contributed by atoms with van der Waals surface area (Å²) in [5.74, 6) is 0.155. The highest BCUT2D eigenvalue weighted by atomic mass is 32.2. The Balaban J connectivity index is 2.08. The van der Waals surface area contributed by atoms with E-state index >= 15 is 0 Å².